The zero-order chi connectivity index (χ0) is 49.0. The van der Waals surface area contributed by atoms with E-state index in [4.69, 9.17) is 14.2 Å². The van der Waals surface area contributed by atoms with E-state index in [0.717, 1.165) is 49.7 Å². The van der Waals surface area contributed by atoms with Crippen molar-refractivity contribution in [1.82, 2.24) is 10.6 Å². The third-order valence-corrected chi connectivity index (χ3v) is 12.7. The Morgan fingerprint density at radius 3 is 1.38 bits per heavy atom. The minimum Gasteiger partial charge on any atom is -0.462 e. The fourth-order valence-corrected chi connectivity index (χ4v) is 8.46. The van der Waals surface area contributed by atoms with E-state index >= 15 is 0 Å². The van der Waals surface area contributed by atoms with Crippen LogP contribution in [0.1, 0.15) is 243 Å². The average molecular weight is 947 g/mol. The Morgan fingerprint density at radius 2 is 0.882 bits per heavy atom. The molecule has 0 spiro atoms. The van der Waals surface area contributed by atoms with Gasteiger partial charge in [-0.1, -0.05) is 229 Å². The summed E-state index contributed by atoms with van der Waals surface area (Å²) >= 11 is 0. The molecular weight excluding hydrogens is 853 g/mol. The molecule has 2 atom stereocenters. The zero-order valence-electron chi connectivity index (χ0n) is 42.9. The third kappa shape index (κ3) is 35.0. The van der Waals surface area contributed by atoms with Gasteiger partial charge >= 0.3 is 17.9 Å². The van der Waals surface area contributed by atoms with Gasteiger partial charge in [-0.25, -0.2) is 4.79 Å². The minimum absolute atomic E-state index is 0.0352. The topological polar surface area (TPSA) is 137 Å². The lowest BCUT2D eigenvalue weighted by molar-refractivity contribution is -0.152. The van der Waals surface area contributed by atoms with Gasteiger partial charge in [0.15, 0.2) is 0 Å². The van der Waals surface area contributed by atoms with Crippen LogP contribution in [0, 0.1) is 0 Å². The molecule has 0 radical (unpaired) electrons. The van der Waals surface area contributed by atoms with Crippen molar-refractivity contribution in [1.29, 1.82) is 0 Å². The van der Waals surface area contributed by atoms with Gasteiger partial charge in [-0.2, -0.15) is 0 Å². The predicted octanol–water partition coefficient (Wildman–Crippen LogP) is 14.3. The Hall–Kier alpha value is -4.21. The van der Waals surface area contributed by atoms with Crippen molar-refractivity contribution in [2.75, 3.05) is 6.54 Å². The Kier molecular flexibility index (Phi) is 37.8. The minimum atomic E-state index is -1.02. The number of amides is 2. The number of benzene rings is 2. The highest BCUT2D eigenvalue weighted by Gasteiger charge is 2.24. The molecule has 0 fully saturated rings. The number of esters is 3. The van der Waals surface area contributed by atoms with Crippen LogP contribution in [0.15, 0.2) is 60.7 Å². The Morgan fingerprint density at radius 1 is 0.441 bits per heavy atom. The molecule has 68 heavy (non-hydrogen) atoms. The summed E-state index contributed by atoms with van der Waals surface area (Å²) in [5.41, 5.74) is 1.66. The van der Waals surface area contributed by atoms with Crippen molar-refractivity contribution in [3.63, 3.8) is 0 Å². The van der Waals surface area contributed by atoms with E-state index < -0.39 is 24.1 Å². The molecule has 2 rings (SSSR count). The molecule has 10 nitrogen and oxygen atoms in total. The van der Waals surface area contributed by atoms with Crippen molar-refractivity contribution in [3.8, 4) is 0 Å². The number of carbonyl (C=O) groups is 5. The van der Waals surface area contributed by atoms with Gasteiger partial charge in [-0.05, 0) is 49.7 Å². The number of carbonyl (C=O) groups excluding carboxylic acids is 5. The molecule has 2 aromatic carbocycles. The van der Waals surface area contributed by atoms with E-state index in [0.29, 0.717) is 32.2 Å². The first-order valence-electron chi connectivity index (χ1n) is 27.5. The molecular formula is C58H94N2O8. The summed E-state index contributed by atoms with van der Waals surface area (Å²) in [5, 5.41) is 5.73. The van der Waals surface area contributed by atoms with Crippen LogP contribution in [0.3, 0.4) is 0 Å². The van der Waals surface area contributed by atoms with Gasteiger partial charge in [0.1, 0.15) is 25.4 Å². The monoisotopic (exact) mass is 947 g/mol. The molecule has 0 aliphatic carbocycles. The van der Waals surface area contributed by atoms with Crippen LogP contribution >= 0.6 is 0 Å². The first kappa shape index (κ1) is 59.9. The summed E-state index contributed by atoms with van der Waals surface area (Å²) in [6.45, 7) is 5.06. The lowest BCUT2D eigenvalue weighted by Gasteiger charge is -2.18. The van der Waals surface area contributed by atoms with Crippen molar-refractivity contribution in [2.45, 2.75) is 258 Å². The SMILES string of the molecule is CCCCCCCCCCCCCCCC(=O)OC(CCCCCCCCCCCCCCC)CC(=O)NCCCCC(=O)N[C@@H](CCC(=O)OCc1ccccc1)C(=O)OCc1ccccc1. The molecule has 2 aromatic rings. The van der Waals surface area contributed by atoms with Crippen LogP contribution < -0.4 is 10.6 Å². The second-order valence-corrected chi connectivity index (χ2v) is 19.0. The van der Waals surface area contributed by atoms with Crippen LogP contribution in [-0.2, 0) is 51.4 Å². The number of unbranched alkanes of at least 4 members (excludes halogenated alkanes) is 25. The smallest absolute Gasteiger partial charge is 0.328 e. The molecule has 0 saturated carbocycles. The molecule has 384 valence electrons. The van der Waals surface area contributed by atoms with Gasteiger partial charge in [0, 0.05) is 25.8 Å². The number of hydrogen-bond acceptors (Lipinski definition) is 8. The van der Waals surface area contributed by atoms with Crippen LogP contribution in [0.25, 0.3) is 0 Å². The number of nitrogens with one attached hydrogen (secondary N) is 2. The zero-order valence-corrected chi connectivity index (χ0v) is 42.9. The van der Waals surface area contributed by atoms with Crippen molar-refractivity contribution in [2.24, 2.45) is 0 Å². The van der Waals surface area contributed by atoms with Gasteiger partial charge in [0.25, 0.3) is 0 Å². The van der Waals surface area contributed by atoms with E-state index in [1.807, 2.05) is 60.7 Å². The molecule has 10 heteroatoms. The van der Waals surface area contributed by atoms with E-state index in [9.17, 15) is 24.0 Å². The molecule has 0 bridgehead atoms. The summed E-state index contributed by atoms with van der Waals surface area (Å²) in [7, 11) is 0. The summed E-state index contributed by atoms with van der Waals surface area (Å²) in [5.74, 6) is -1.82. The number of hydrogen-bond donors (Lipinski definition) is 2. The maximum Gasteiger partial charge on any atom is 0.328 e. The van der Waals surface area contributed by atoms with Crippen molar-refractivity contribution < 1.29 is 38.2 Å². The Labute approximate surface area is 413 Å². The lowest BCUT2D eigenvalue weighted by Crippen LogP contribution is -2.42. The van der Waals surface area contributed by atoms with Gasteiger partial charge in [0.05, 0.1) is 6.42 Å². The second-order valence-electron chi connectivity index (χ2n) is 19.0. The normalized spacial score (nSPS) is 12.0. The summed E-state index contributed by atoms with van der Waals surface area (Å²) in [4.78, 5) is 64.8. The summed E-state index contributed by atoms with van der Waals surface area (Å²) in [6.07, 6.45) is 34.5. The first-order valence-corrected chi connectivity index (χ1v) is 27.5. The van der Waals surface area contributed by atoms with E-state index in [-0.39, 0.29) is 56.7 Å². The molecule has 0 heterocycles. The van der Waals surface area contributed by atoms with Crippen molar-refractivity contribution in [3.05, 3.63) is 71.8 Å². The lowest BCUT2D eigenvalue weighted by atomic mass is 10.0. The van der Waals surface area contributed by atoms with Crippen LogP contribution in [0.5, 0.6) is 0 Å². The Bertz CT molecular complexity index is 1550. The molecule has 0 aliphatic heterocycles. The van der Waals surface area contributed by atoms with Crippen molar-refractivity contribution >= 4 is 29.7 Å². The van der Waals surface area contributed by atoms with Gasteiger partial charge in [-0.3, -0.25) is 19.2 Å². The first-order chi connectivity index (χ1) is 33.3. The largest absolute Gasteiger partial charge is 0.462 e. The molecule has 0 saturated heterocycles. The summed E-state index contributed by atoms with van der Waals surface area (Å²) in [6, 6.07) is 17.6. The Balaban J connectivity index is 1.75. The summed E-state index contributed by atoms with van der Waals surface area (Å²) < 4.78 is 16.8. The highest BCUT2D eigenvalue weighted by Crippen LogP contribution is 2.18. The molecule has 1 unspecified atom stereocenters. The molecule has 0 aromatic heterocycles. The predicted molar refractivity (Wildman–Crippen MR) is 276 cm³/mol. The molecule has 0 aliphatic rings. The standard InChI is InChI=1S/C58H94N2O8/c1-3-5-7-9-11-13-15-17-19-21-23-25-33-41-52(68-57(64)43-34-26-24-22-20-18-16-14-12-10-8-6-4-2)47-55(62)59-46-36-35-42-54(61)60-53(58(65)67-49-51-39-31-28-32-40-51)44-45-56(63)66-48-50-37-29-27-30-38-50/h27-32,37-40,52-53H,3-26,33-36,41-49H2,1-2H3,(H,59,62)(H,60,61)/t52?,53-/m0/s1. The van der Waals surface area contributed by atoms with Gasteiger partial charge < -0.3 is 24.8 Å². The fraction of sp³-hybridized carbons (Fsp3) is 0.707. The van der Waals surface area contributed by atoms with E-state index in [2.05, 4.69) is 24.5 Å². The van der Waals surface area contributed by atoms with E-state index in [1.54, 1.807) is 0 Å². The van der Waals surface area contributed by atoms with Crippen LogP contribution in [0.4, 0.5) is 0 Å². The van der Waals surface area contributed by atoms with E-state index in [1.165, 1.54) is 128 Å². The maximum atomic E-state index is 13.1. The molecule has 2 N–H and O–H groups in total. The van der Waals surface area contributed by atoms with Gasteiger partial charge in [-0.15, -0.1) is 0 Å². The van der Waals surface area contributed by atoms with Crippen LogP contribution in [0.2, 0.25) is 0 Å². The highest BCUT2D eigenvalue weighted by atomic mass is 16.5. The maximum absolute atomic E-state index is 13.1. The average Bonchev–Trinajstić information content (AvgIpc) is 3.34. The van der Waals surface area contributed by atoms with Crippen LogP contribution in [-0.4, -0.2) is 48.4 Å². The number of ether oxygens (including phenoxy) is 3. The third-order valence-electron chi connectivity index (χ3n) is 12.7. The van der Waals surface area contributed by atoms with Gasteiger partial charge in [0.2, 0.25) is 11.8 Å². The molecule has 2 amide bonds. The highest BCUT2D eigenvalue weighted by molar-refractivity contribution is 5.85. The second kappa shape index (κ2) is 42.9. The quantitative estimate of drug-likeness (QED) is 0.0380. The fourth-order valence-electron chi connectivity index (χ4n) is 8.46. The number of rotatable bonds is 45.